The quantitative estimate of drug-likeness (QED) is 0.841. The van der Waals surface area contributed by atoms with Crippen molar-refractivity contribution in [3.63, 3.8) is 0 Å². The van der Waals surface area contributed by atoms with Gasteiger partial charge in [-0.25, -0.2) is 5.43 Å². The number of amides is 1. The van der Waals surface area contributed by atoms with Crippen molar-refractivity contribution in [3.8, 4) is 0 Å². The second kappa shape index (κ2) is 7.27. The second-order valence-corrected chi connectivity index (χ2v) is 6.17. The van der Waals surface area contributed by atoms with Crippen LogP contribution in [0.25, 0.3) is 10.8 Å². The Hall–Kier alpha value is -2.36. The molecule has 0 aromatic heterocycles. The fourth-order valence-electron chi connectivity index (χ4n) is 3.06. The van der Waals surface area contributed by atoms with E-state index < -0.39 is 0 Å². The molecular weight excluding hydrogens is 286 g/mol. The first kappa shape index (κ1) is 15.5. The molecule has 0 bridgehead atoms. The Morgan fingerprint density at radius 2 is 2.00 bits per heavy atom. The first-order valence-electron chi connectivity index (χ1n) is 8.31. The highest BCUT2D eigenvalue weighted by Gasteiger charge is 2.16. The molecule has 1 amide bonds. The SMILES string of the molecule is C[C@@H]1CCCCC1=NNC(=O)CNc1cccc2ccccc12. The van der Waals surface area contributed by atoms with Gasteiger partial charge in [-0.05, 0) is 36.6 Å². The summed E-state index contributed by atoms with van der Waals surface area (Å²) in [7, 11) is 0. The number of carbonyl (C=O) groups excluding carboxylic acids is 1. The van der Waals surface area contributed by atoms with Crippen LogP contribution >= 0.6 is 0 Å². The van der Waals surface area contributed by atoms with Gasteiger partial charge in [0.25, 0.3) is 5.91 Å². The minimum Gasteiger partial charge on any atom is -0.376 e. The first-order chi connectivity index (χ1) is 11.2. The zero-order chi connectivity index (χ0) is 16.1. The van der Waals surface area contributed by atoms with Crippen LogP contribution in [-0.4, -0.2) is 18.2 Å². The van der Waals surface area contributed by atoms with Gasteiger partial charge >= 0.3 is 0 Å². The number of benzene rings is 2. The molecule has 0 radical (unpaired) electrons. The molecule has 1 aliphatic carbocycles. The standard InChI is InChI=1S/C19H23N3O/c1-14-7-2-5-11-17(14)21-22-19(23)13-20-18-12-6-9-15-8-3-4-10-16(15)18/h3-4,6,8-10,12,14,20H,2,5,7,11,13H2,1H3,(H,22,23)/t14-/m1/s1. The topological polar surface area (TPSA) is 53.5 Å². The zero-order valence-electron chi connectivity index (χ0n) is 13.5. The molecule has 2 aromatic carbocycles. The molecule has 0 unspecified atom stereocenters. The Labute approximate surface area is 137 Å². The molecule has 1 aliphatic rings. The smallest absolute Gasteiger partial charge is 0.259 e. The molecule has 0 saturated heterocycles. The third kappa shape index (κ3) is 3.89. The van der Waals surface area contributed by atoms with Gasteiger partial charge in [0, 0.05) is 16.8 Å². The van der Waals surface area contributed by atoms with Gasteiger partial charge in [-0.2, -0.15) is 5.10 Å². The Balaban J connectivity index is 1.59. The van der Waals surface area contributed by atoms with Crippen molar-refractivity contribution in [2.75, 3.05) is 11.9 Å². The molecule has 0 spiro atoms. The van der Waals surface area contributed by atoms with Gasteiger partial charge in [0.05, 0.1) is 6.54 Å². The average molecular weight is 309 g/mol. The van der Waals surface area contributed by atoms with E-state index in [-0.39, 0.29) is 12.5 Å². The lowest BCUT2D eigenvalue weighted by Gasteiger charge is -2.19. The molecule has 23 heavy (non-hydrogen) atoms. The summed E-state index contributed by atoms with van der Waals surface area (Å²) in [4.78, 5) is 12.0. The van der Waals surface area contributed by atoms with Crippen LogP contribution in [0.1, 0.15) is 32.6 Å². The number of rotatable bonds is 4. The van der Waals surface area contributed by atoms with Crippen LogP contribution in [0.4, 0.5) is 5.69 Å². The van der Waals surface area contributed by atoms with Crippen molar-refractivity contribution in [1.82, 2.24) is 5.43 Å². The number of nitrogens with zero attached hydrogens (tertiary/aromatic N) is 1. The largest absolute Gasteiger partial charge is 0.376 e. The maximum Gasteiger partial charge on any atom is 0.259 e. The van der Waals surface area contributed by atoms with Crippen molar-refractivity contribution in [2.45, 2.75) is 32.6 Å². The van der Waals surface area contributed by atoms with Crippen molar-refractivity contribution in [3.05, 3.63) is 42.5 Å². The highest BCUT2D eigenvalue weighted by Crippen LogP contribution is 2.23. The van der Waals surface area contributed by atoms with Gasteiger partial charge in [-0.1, -0.05) is 49.7 Å². The highest BCUT2D eigenvalue weighted by atomic mass is 16.2. The third-order valence-corrected chi connectivity index (χ3v) is 4.44. The Morgan fingerprint density at radius 1 is 1.17 bits per heavy atom. The van der Waals surface area contributed by atoms with Gasteiger partial charge in [-0.15, -0.1) is 0 Å². The van der Waals surface area contributed by atoms with E-state index in [0.29, 0.717) is 5.92 Å². The van der Waals surface area contributed by atoms with E-state index in [1.165, 1.54) is 19.3 Å². The number of anilines is 1. The van der Waals surface area contributed by atoms with E-state index in [1.54, 1.807) is 0 Å². The van der Waals surface area contributed by atoms with Gasteiger partial charge in [0.2, 0.25) is 0 Å². The molecule has 1 atom stereocenters. The monoisotopic (exact) mass is 309 g/mol. The van der Waals surface area contributed by atoms with Crippen LogP contribution in [0.15, 0.2) is 47.6 Å². The van der Waals surface area contributed by atoms with E-state index >= 15 is 0 Å². The van der Waals surface area contributed by atoms with E-state index in [1.807, 2.05) is 24.3 Å². The molecule has 4 heteroatoms. The second-order valence-electron chi connectivity index (χ2n) is 6.17. The lowest BCUT2D eigenvalue weighted by atomic mass is 9.89. The maximum absolute atomic E-state index is 12.0. The Morgan fingerprint density at radius 3 is 2.87 bits per heavy atom. The van der Waals surface area contributed by atoms with Gasteiger partial charge < -0.3 is 5.32 Å². The third-order valence-electron chi connectivity index (χ3n) is 4.44. The molecule has 1 saturated carbocycles. The fraction of sp³-hybridized carbons (Fsp3) is 0.368. The van der Waals surface area contributed by atoms with Crippen LogP contribution in [0.3, 0.4) is 0 Å². The number of carbonyl (C=O) groups is 1. The van der Waals surface area contributed by atoms with Crippen LogP contribution < -0.4 is 10.7 Å². The van der Waals surface area contributed by atoms with E-state index in [9.17, 15) is 4.79 Å². The van der Waals surface area contributed by atoms with Crippen LogP contribution in [0.5, 0.6) is 0 Å². The molecule has 0 aliphatic heterocycles. The zero-order valence-corrected chi connectivity index (χ0v) is 13.5. The summed E-state index contributed by atoms with van der Waals surface area (Å²) in [5.74, 6) is 0.373. The molecule has 1 fully saturated rings. The molecule has 2 aromatic rings. The van der Waals surface area contributed by atoms with E-state index in [4.69, 9.17) is 0 Å². The van der Waals surface area contributed by atoms with E-state index in [2.05, 4.69) is 41.0 Å². The van der Waals surface area contributed by atoms with Crippen molar-refractivity contribution >= 4 is 28.1 Å². The van der Waals surface area contributed by atoms with E-state index in [0.717, 1.165) is 28.6 Å². The maximum atomic E-state index is 12.0. The Bertz CT molecular complexity index is 718. The van der Waals surface area contributed by atoms with Crippen LogP contribution in [0, 0.1) is 5.92 Å². The van der Waals surface area contributed by atoms with Gasteiger partial charge in [0.1, 0.15) is 0 Å². The first-order valence-corrected chi connectivity index (χ1v) is 8.31. The van der Waals surface area contributed by atoms with Crippen molar-refractivity contribution in [2.24, 2.45) is 11.0 Å². The molecular formula is C19H23N3O. The predicted octanol–water partition coefficient (Wildman–Crippen LogP) is 3.93. The minimum atomic E-state index is -0.108. The molecule has 4 nitrogen and oxygen atoms in total. The lowest BCUT2D eigenvalue weighted by Crippen LogP contribution is -2.29. The molecule has 2 N–H and O–H groups in total. The summed E-state index contributed by atoms with van der Waals surface area (Å²) in [6, 6.07) is 14.2. The summed E-state index contributed by atoms with van der Waals surface area (Å²) < 4.78 is 0. The average Bonchev–Trinajstić information content (AvgIpc) is 2.59. The van der Waals surface area contributed by atoms with Crippen LogP contribution in [-0.2, 0) is 4.79 Å². The number of hydrazone groups is 1. The summed E-state index contributed by atoms with van der Waals surface area (Å²) in [6.45, 7) is 2.40. The number of hydrogen-bond donors (Lipinski definition) is 2. The summed E-state index contributed by atoms with van der Waals surface area (Å²) in [6.07, 6.45) is 4.60. The molecule has 0 heterocycles. The molecule has 3 rings (SSSR count). The molecule has 120 valence electrons. The summed E-state index contributed by atoms with van der Waals surface area (Å²) in [5.41, 5.74) is 4.78. The number of nitrogens with one attached hydrogen (secondary N) is 2. The normalized spacial score (nSPS) is 19.7. The number of fused-ring (bicyclic) bond motifs is 1. The van der Waals surface area contributed by atoms with Crippen molar-refractivity contribution in [1.29, 1.82) is 0 Å². The summed E-state index contributed by atoms with van der Waals surface area (Å²) >= 11 is 0. The summed E-state index contributed by atoms with van der Waals surface area (Å²) in [5, 5.41) is 9.80. The lowest BCUT2D eigenvalue weighted by molar-refractivity contribution is -0.119. The van der Waals surface area contributed by atoms with Gasteiger partial charge in [0.15, 0.2) is 0 Å². The fourth-order valence-corrected chi connectivity index (χ4v) is 3.06. The minimum absolute atomic E-state index is 0.108. The number of hydrogen-bond acceptors (Lipinski definition) is 3. The van der Waals surface area contributed by atoms with Gasteiger partial charge in [-0.3, -0.25) is 4.79 Å². The van der Waals surface area contributed by atoms with Crippen molar-refractivity contribution < 1.29 is 4.79 Å². The Kier molecular flexibility index (Phi) is 4.91. The van der Waals surface area contributed by atoms with Crippen LogP contribution in [0.2, 0.25) is 0 Å². The predicted molar refractivity (Wildman–Crippen MR) is 95.6 cm³/mol. The highest BCUT2D eigenvalue weighted by molar-refractivity contribution is 5.95.